The molecule has 2 N–H and O–H groups in total. The van der Waals surface area contributed by atoms with Gasteiger partial charge in [-0.2, -0.15) is 0 Å². The molecule has 1 aliphatic heterocycles. The molecule has 1 saturated heterocycles. The lowest BCUT2D eigenvalue weighted by atomic mass is 10.0. The van der Waals surface area contributed by atoms with Crippen LogP contribution < -0.4 is 5.73 Å². The Morgan fingerprint density at radius 3 is 3.00 bits per heavy atom. The van der Waals surface area contributed by atoms with Gasteiger partial charge >= 0.3 is 0 Å². The number of hydrogen-bond acceptors (Lipinski definition) is 3. The van der Waals surface area contributed by atoms with Crippen LogP contribution >= 0.6 is 0 Å². The molecule has 0 bridgehead atoms. The minimum absolute atomic E-state index is 0.158. The molecule has 1 fully saturated rings. The van der Waals surface area contributed by atoms with E-state index in [-0.39, 0.29) is 11.9 Å². The molecule has 0 aromatic rings. The van der Waals surface area contributed by atoms with Crippen molar-refractivity contribution in [2.45, 2.75) is 32.2 Å². The monoisotopic (exact) mass is 200 g/mol. The third-order valence-electron chi connectivity index (χ3n) is 2.60. The minimum atomic E-state index is 0.158. The molecule has 14 heavy (non-hydrogen) atoms. The zero-order chi connectivity index (χ0) is 10.4. The highest BCUT2D eigenvalue weighted by Crippen LogP contribution is 2.17. The molecule has 0 unspecified atom stereocenters. The number of carbonyl (C=O) groups is 1. The van der Waals surface area contributed by atoms with Crippen LogP contribution in [0.5, 0.6) is 0 Å². The number of amides is 1. The summed E-state index contributed by atoms with van der Waals surface area (Å²) in [4.78, 5) is 13.2. The van der Waals surface area contributed by atoms with E-state index in [1.807, 2.05) is 4.90 Å². The van der Waals surface area contributed by atoms with Crippen LogP contribution in [0.4, 0.5) is 0 Å². The molecule has 4 nitrogen and oxygen atoms in total. The van der Waals surface area contributed by atoms with Crippen LogP contribution in [0.3, 0.4) is 0 Å². The van der Waals surface area contributed by atoms with E-state index in [9.17, 15) is 4.79 Å². The topological polar surface area (TPSA) is 55.6 Å². The van der Waals surface area contributed by atoms with Gasteiger partial charge in [0.1, 0.15) is 0 Å². The van der Waals surface area contributed by atoms with Crippen LogP contribution in [0.25, 0.3) is 0 Å². The number of rotatable bonds is 4. The molecule has 4 heteroatoms. The van der Waals surface area contributed by atoms with Gasteiger partial charge in [0.05, 0.1) is 19.3 Å². The summed E-state index contributed by atoms with van der Waals surface area (Å²) in [5.74, 6) is 0.158. The molecule has 0 radical (unpaired) electrons. The summed E-state index contributed by atoms with van der Waals surface area (Å²) < 4.78 is 5.38. The van der Waals surface area contributed by atoms with Gasteiger partial charge in [0, 0.05) is 20.0 Å². The molecule has 0 aromatic heterocycles. The summed E-state index contributed by atoms with van der Waals surface area (Å²) in [5.41, 5.74) is 5.33. The van der Waals surface area contributed by atoms with E-state index >= 15 is 0 Å². The summed E-state index contributed by atoms with van der Waals surface area (Å²) in [5, 5.41) is 0. The maximum Gasteiger partial charge on any atom is 0.219 e. The fraction of sp³-hybridized carbons (Fsp3) is 0.900. The highest BCUT2D eigenvalue weighted by Gasteiger charge is 2.23. The van der Waals surface area contributed by atoms with Gasteiger partial charge in [0.25, 0.3) is 0 Å². The van der Waals surface area contributed by atoms with Gasteiger partial charge in [0.15, 0.2) is 0 Å². The number of piperidine rings is 1. The maximum absolute atomic E-state index is 11.3. The first-order chi connectivity index (χ1) is 6.75. The Morgan fingerprint density at radius 1 is 1.57 bits per heavy atom. The van der Waals surface area contributed by atoms with E-state index in [0.29, 0.717) is 19.8 Å². The van der Waals surface area contributed by atoms with Crippen LogP contribution in [0, 0.1) is 0 Å². The molecule has 1 aliphatic rings. The molecule has 1 atom stereocenters. The van der Waals surface area contributed by atoms with Crippen LogP contribution in [0.15, 0.2) is 0 Å². The molecule has 1 amide bonds. The first-order valence-electron chi connectivity index (χ1n) is 5.30. The Hall–Kier alpha value is -0.610. The van der Waals surface area contributed by atoms with Gasteiger partial charge in [-0.25, -0.2) is 0 Å². The van der Waals surface area contributed by atoms with Crippen molar-refractivity contribution in [1.82, 2.24) is 4.90 Å². The number of nitrogens with two attached hydrogens (primary N) is 1. The Labute approximate surface area is 85.4 Å². The molecule has 0 aromatic carbocycles. The summed E-state index contributed by atoms with van der Waals surface area (Å²) >= 11 is 0. The van der Waals surface area contributed by atoms with Gasteiger partial charge in [-0.05, 0) is 19.3 Å². The maximum atomic E-state index is 11.3. The lowest BCUT2D eigenvalue weighted by Crippen LogP contribution is -2.45. The van der Waals surface area contributed by atoms with E-state index < -0.39 is 0 Å². The molecule has 0 aliphatic carbocycles. The lowest BCUT2D eigenvalue weighted by Gasteiger charge is -2.34. The van der Waals surface area contributed by atoms with Gasteiger partial charge in [-0.3, -0.25) is 4.79 Å². The van der Waals surface area contributed by atoms with E-state index in [4.69, 9.17) is 10.5 Å². The Bertz CT molecular complexity index is 185. The largest absolute Gasteiger partial charge is 0.378 e. The zero-order valence-electron chi connectivity index (χ0n) is 8.87. The van der Waals surface area contributed by atoms with Crippen LogP contribution in [0.2, 0.25) is 0 Å². The third kappa shape index (κ3) is 3.27. The highest BCUT2D eigenvalue weighted by molar-refractivity contribution is 5.73. The van der Waals surface area contributed by atoms with Gasteiger partial charge in [-0.1, -0.05) is 0 Å². The average molecular weight is 200 g/mol. The number of nitrogens with zero attached hydrogens (tertiary/aromatic N) is 1. The SMILES string of the molecule is CC(=O)N1CCCC[C@@H]1COCCN. The first-order valence-corrected chi connectivity index (χ1v) is 5.30. The zero-order valence-corrected chi connectivity index (χ0v) is 8.87. The molecule has 82 valence electrons. The number of ether oxygens (including phenoxy) is 1. The third-order valence-corrected chi connectivity index (χ3v) is 2.60. The second kappa shape index (κ2) is 5.98. The average Bonchev–Trinajstić information content (AvgIpc) is 2.19. The lowest BCUT2D eigenvalue weighted by molar-refractivity contribution is -0.134. The second-order valence-corrected chi connectivity index (χ2v) is 3.73. The fourth-order valence-electron chi connectivity index (χ4n) is 1.89. The Morgan fingerprint density at radius 2 is 2.36 bits per heavy atom. The molecule has 1 rings (SSSR count). The van der Waals surface area contributed by atoms with Crippen LogP contribution in [-0.2, 0) is 9.53 Å². The second-order valence-electron chi connectivity index (χ2n) is 3.73. The molecule has 0 saturated carbocycles. The number of hydrogen-bond donors (Lipinski definition) is 1. The van der Waals surface area contributed by atoms with E-state index in [1.165, 1.54) is 6.42 Å². The van der Waals surface area contributed by atoms with Crippen molar-refractivity contribution in [3.63, 3.8) is 0 Å². The Kier molecular flexibility index (Phi) is 4.90. The number of likely N-dealkylation sites (tertiary alicyclic amines) is 1. The van der Waals surface area contributed by atoms with Crippen molar-refractivity contribution in [2.75, 3.05) is 26.3 Å². The van der Waals surface area contributed by atoms with Gasteiger partial charge in [-0.15, -0.1) is 0 Å². The van der Waals surface area contributed by atoms with Crippen molar-refractivity contribution in [3.8, 4) is 0 Å². The molecular weight excluding hydrogens is 180 g/mol. The van der Waals surface area contributed by atoms with E-state index in [0.717, 1.165) is 19.4 Å². The van der Waals surface area contributed by atoms with Gasteiger partial charge in [0.2, 0.25) is 5.91 Å². The minimum Gasteiger partial charge on any atom is -0.378 e. The summed E-state index contributed by atoms with van der Waals surface area (Å²) in [6.07, 6.45) is 3.37. The highest BCUT2D eigenvalue weighted by atomic mass is 16.5. The fourth-order valence-corrected chi connectivity index (χ4v) is 1.89. The predicted octanol–water partition coefficient (Wildman–Crippen LogP) is 0.363. The summed E-state index contributed by atoms with van der Waals surface area (Å²) in [6, 6.07) is 0.271. The van der Waals surface area contributed by atoms with E-state index in [2.05, 4.69) is 0 Å². The van der Waals surface area contributed by atoms with Crippen molar-refractivity contribution in [2.24, 2.45) is 5.73 Å². The van der Waals surface area contributed by atoms with Crippen molar-refractivity contribution in [1.29, 1.82) is 0 Å². The summed E-state index contributed by atoms with van der Waals surface area (Å²) in [7, 11) is 0. The van der Waals surface area contributed by atoms with Crippen molar-refractivity contribution < 1.29 is 9.53 Å². The van der Waals surface area contributed by atoms with Crippen LogP contribution in [-0.4, -0.2) is 43.2 Å². The van der Waals surface area contributed by atoms with Crippen molar-refractivity contribution >= 4 is 5.91 Å². The Balaban J connectivity index is 2.34. The smallest absolute Gasteiger partial charge is 0.219 e. The first kappa shape index (κ1) is 11.5. The molecular formula is C10H20N2O2. The molecule has 0 spiro atoms. The standard InChI is InChI=1S/C10H20N2O2/c1-9(13)12-6-3-2-4-10(12)8-14-7-5-11/h10H,2-8,11H2,1H3/t10-/m1/s1. The predicted molar refractivity (Wildman–Crippen MR) is 54.9 cm³/mol. The summed E-state index contributed by atoms with van der Waals surface area (Å²) in [6.45, 7) is 4.28. The van der Waals surface area contributed by atoms with Crippen LogP contribution in [0.1, 0.15) is 26.2 Å². The van der Waals surface area contributed by atoms with E-state index in [1.54, 1.807) is 6.92 Å². The quantitative estimate of drug-likeness (QED) is 0.667. The van der Waals surface area contributed by atoms with Gasteiger partial charge < -0.3 is 15.4 Å². The van der Waals surface area contributed by atoms with Crippen molar-refractivity contribution in [3.05, 3.63) is 0 Å². The normalized spacial score (nSPS) is 22.4. The molecule has 1 heterocycles. The number of carbonyl (C=O) groups excluding carboxylic acids is 1.